The molecule has 8 nitrogen and oxygen atoms in total. The number of allylic oxidation sites excluding steroid dienone is 1. The van der Waals surface area contributed by atoms with E-state index in [0.717, 1.165) is 16.9 Å². The van der Waals surface area contributed by atoms with Crippen molar-refractivity contribution in [2.75, 3.05) is 0 Å². The van der Waals surface area contributed by atoms with Gasteiger partial charge in [0.05, 0.1) is 10.5 Å². The largest absolute Gasteiger partial charge is 0.486 e. The minimum atomic E-state index is -0.520. The molecule has 1 aromatic heterocycles. The molecule has 1 amide bonds. The first-order valence-corrected chi connectivity index (χ1v) is 9.45. The zero-order valence-corrected chi connectivity index (χ0v) is 17.1. The van der Waals surface area contributed by atoms with Gasteiger partial charge in [-0.1, -0.05) is 18.2 Å². The Bertz CT molecular complexity index is 1130. The van der Waals surface area contributed by atoms with Crippen molar-refractivity contribution in [3.63, 3.8) is 0 Å². The molecule has 8 heteroatoms. The van der Waals surface area contributed by atoms with Crippen LogP contribution in [-0.4, -0.2) is 17.0 Å². The van der Waals surface area contributed by atoms with Crippen molar-refractivity contribution >= 4 is 23.9 Å². The molecule has 0 spiro atoms. The summed E-state index contributed by atoms with van der Waals surface area (Å²) >= 11 is 0. The molecule has 0 saturated carbocycles. The van der Waals surface area contributed by atoms with Gasteiger partial charge in [0.1, 0.15) is 18.1 Å². The second-order valence-electron chi connectivity index (χ2n) is 6.77. The molecule has 2 aromatic carbocycles. The lowest BCUT2D eigenvalue weighted by molar-refractivity contribution is -0.385. The smallest absolute Gasteiger partial charge is 0.307 e. The summed E-state index contributed by atoms with van der Waals surface area (Å²) in [5, 5.41) is 14.8. The number of hydrogen-bond donors (Lipinski definition) is 1. The van der Waals surface area contributed by atoms with Crippen molar-refractivity contribution in [3.8, 4) is 5.75 Å². The van der Waals surface area contributed by atoms with Crippen LogP contribution in [0.1, 0.15) is 33.0 Å². The highest BCUT2D eigenvalue weighted by molar-refractivity contribution is 5.92. The maximum absolute atomic E-state index is 12.1. The van der Waals surface area contributed by atoms with Crippen LogP contribution in [-0.2, 0) is 6.61 Å². The standard InChI is InChI=1S/C23H21N3O5/c1-16-12-17(2)14-20(13-16)30-15-19-9-10-22(31-19)23(27)25-24-11-5-7-18-6-3-4-8-21(18)26(28)29/h3-14H,15H2,1-2H3,(H,25,27)/b7-5+,24-11?. The lowest BCUT2D eigenvalue weighted by atomic mass is 10.1. The van der Waals surface area contributed by atoms with Crippen LogP contribution in [0.4, 0.5) is 5.69 Å². The average molecular weight is 419 g/mol. The SMILES string of the molecule is Cc1cc(C)cc(OCc2ccc(C(=O)NN=C/C=C/c3ccccc3[N+](=O)[O-])o2)c1. The van der Waals surface area contributed by atoms with Gasteiger partial charge in [-0.15, -0.1) is 0 Å². The molecule has 0 aliphatic heterocycles. The Kier molecular flexibility index (Phi) is 6.95. The van der Waals surface area contributed by atoms with E-state index in [1.165, 1.54) is 30.5 Å². The molecule has 3 rings (SSSR count). The second kappa shape index (κ2) is 10.0. The summed E-state index contributed by atoms with van der Waals surface area (Å²) in [6.45, 7) is 4.18. The summed E-state index contributed by atoms with van der Waals surface area (Å²) < 4.78 is 11.2. The number of para-hydroxylation sites is 1. The van der Waals surface area contributed by atoms with E-state index >= 15 is 0 Å². The number of benzene rings is 2. The van der Waals surface area contributed by atoms with Gasteiger partial charge in [-0.3, -0.25) is 14.9 Å². The molecule has 0 unspecified atom stereocenters. The minimum absolute atomic E-state index is 0.0117. The normalized spacial score (nSPS) is 11.2. The Labute approximate surface area is 179 Å². The summed E-state index contributed by atoms with van der Waals surface area (Å²) in [6.07, 6.45) is 4.35. The van der Waals surface area contributed by atoms with Crippen LogP contribution in [0.25, 0.3) is 6.08 Å². The molecule has 3 aromatic rings. The molecular formula is C23H21N3O5. The third-order valence-electron chi connectivity index (χ3n) is 4.20. The number of hydrazone groups is 1. The number of ether oxygens (including phenoxy) is 1. The maximum atomic E-state index is 12.1. The first kappa shape index (κ1) is 21.5. The van der Waals surface area contributed by atoms with E-state index in [2.05, 4.69) is 16.6 Å². The van der Waals surface area contributed by atoms with Gasteiger partial charge in [0.15, 0.2) is 5.76 Å². The van der Waals surface area contributed by atoms with Crippen LogP contribution in [0.15, 0.2) is 70.2 Å². The first-order chi connectivity index (χ1) is 14.9. The van der Waals surface area contributed by atoms with Crippen molar-refractivity contribution in [2.24, 2.45) is 5.10 Å². The van der Waals surface area contributed by atoms with Crippen molar-refractivity contribution in [2.45, 2.75) is 20.5 Å². The molecule has 158 valence electrons. The molecule has 1 N–H and O–H groups in total. The summed E-state index contributed by atoms with van der Waals surface area (Å²) in [5.41, 5.74) is 4.96. The number of rotatable bonds is 8. The lowest BCUT2D eigenvalue weighted by Crippen LogP contribution is -2.16. The number of nitrogens with zero attached hydrogens (tertiary/aromatic N) is 2. The van der Waals surface area contributed by atoms with Crippen molar-refractivity contribution in [3.05, 3.63) is 99.0 Å². The summed E-state index contributed by atoms with van der Waals surface area (Å²) in [6, 6.07) is 15.4. The Hall–Kier alpha value is -4.20. The quantitative estimate of drug-likeness (QED) is 0.320. The van der Waals surface area contributed by atoms with Gasteiger partial charge in [-0.25, -0.2) is 5.43 Å². The number of amides is 1. The predicted molar refractivity (Wildman–Crippen MR) is 117 cm³/mol. The van der Waals surface area contributed by atoms with Crippen LogP contribution in [0.5, 0.6) is 5.75 Å². The summed E-state index contributed by atoms with van der Waals surface area (Å²) in [5.74, 6) is 0.811. The molecule has 0 radical (unpaired) electrons. The highest BCUT2D eigenvalue weighted by Gasteiger charge is 2.11. The molecule has 0 bridgehead atoms. The van der Waals surface area contributed by atoms with E-state index in [4.69, 9.17) is 9.15 Å². The predicted octanol–water partition coefficient (Wildman–Crippen LogP) is 4.81. The van der Waals surface area contributed by atoms with Crippen molar-refractivity contribution < 1.29 is 18.9 Å². The van der Waals surface area contributed by atoms with Gasteiger partial charge in [-0.05, 0) is 67.5 Å². The van der Waals surface area contributed by atoms with Crippen molar-refractivity contribution in [1.82, 2.24) is 5.43 Å². The number of nitrogens with one attached hydrogen (secondary N) is 1. The second-order valence-corrected chi connectivity index (χ2v) is 6.77. The molecule has 0 aliphatic rings. The molecule has 0 fully saturated rings. The topological polar surface area (TPSA) is 107 Å². The van der Waals surface area contributed by atoms with E-state index in [-0.39, 0.29) is 18.1 Å². The van der Waals surface area contributed by atoms with Gasteiger partial charge < -0.3 is 9.15 Å². The zero-order chi connectivity index (χ0) is 22.2. The van der Waals surface area contributed by atoms with E-state index in [1.54, 1.807) is 24.3 Å². The van der Waals surface area contributed by atoms with E-state index < -0.39 is 10.8 Å². The number of hydrogen-bond acceptors (Lipinski definition) is 6. The van der Waals surface area contributed by atoms with Gasteiger partial charge in [-0.2, -0.15) is 5.10 Å². The minimum Gasteiger partial charge on any atom is -0.486 e. The van der Waals surface area contributed by atoms with Crippen molar-refractivity contribution in [1.29, 1.82) is 0 Å². The summed E-state index contributed by atoms with van der Waals surface area (Å²) in [7, 11) is 0. The van der Waals surface area contributed by atoms with Crippen LogP contribution in [0.3, 0.4) is 0 Å². The zero-order valence-electron chi connectivity index (χ0n) is 17.1. The van der Waals surface area contributed by atoms with Crippen LogP contribution in [0, 0.1) is 24.0 Å². The fraction of sp³-hybridized carbons (Fsp3) is 0.130. The number of carbonyl (C=O) groups is 1. The Morgan fingerprint density at radius 2 is 1.90 bits per heavy atom. The van der Waals surface area contributed by atoms with Gasteiger partial charge in [0.2, 0.25) is 0 Å². The third kappa shape index (κ3) is 6.14. The van der Waals surface area contributed by atoms with E-state index in [9.17, 15) is 14.9 Å². The first-order valence-electron chi connectivity index (χ1n) is 9.45. The molecule has 0 aliphatic carbocycles. The number of carbonyl (C=O) groups excluding carboxylic acids is 1. The number of furan rings is 1. The Balaban J connectivity index is 1.52. The molecule has 0 atom stereocenters. The third-order valence-corrected chi connectivity index (χ3v) is 4.20. The van der Waals surface area contributed by atoms with Gasteiger partial charge in [0, 0.05) is 12.3 Å². The Morgan fingerprint density at radius 3 is 2.65 bits per heavy atom. The Morgan fingerprint density at radius 1 is 1.16 bits per heavy atom. The van der Waals surface area contributed by atoms with Gasteiger partial charge in [0.25, 0.3) is 5.69 Å². The number of aryl methyl sites for hydroxylation is 2. The summed E-state index contributed by atoms with van der Waals surface area (Å²) in [4.78, 5) is 22.6. The molecule has 31 heavy (non-hydrogen) atoms. The molecule has 0 saturated heterocycles. The maximum Gasteiger partial charge on any atom is 0.307 e. The monoisotopic (exact) mass is 419 g/mol. The van der Waals surface area contributed by atoms with Gasteiger partial charge >= 0.3 is 5.91 Å². The average Bonchev–Trinajstić information content (AvgIpc) is 3.20. The van der Waals surface area contributed by atoms with Crippen LogP contribution in [0.2, 0.25) is 0 Å². The number of nitro benzene ring substituents is 1. The highest BCUT2D eigenvalue weighted by atomic mass is 16.6. The van der Waals surface area contributed by atoms with E-state index in [0.29, 0.717) is 11.3 Å². The highest BCUT2D eigenvalue weighted by Crippen LogP contribution is 2.19. The van der Waals surface area contributed by atoms with E-state index in [1.807, 2.05) is 26.0 Å². The molecular weight excluding hydrogens is 398 g/mol. The lowest BCUT2D eigenvalue weighted by Gasteiger charge is -2.06. The number of nitro groups is 1. The fourth-order valence-corrected chi connectivity index (χ4v) is 2.88. The van der Waals surface area contributed by atoms with Crippen LogP contribution < -0.4 is 10.2 Å². The molecule has 1 heterocycles. The van der Waals surface area contributed by atoms with Crippen LogP contribution >= 0.6 is 0 Å². The fourth-order valence-electron chi connectivity index (χ4n) is 2.88.